The SMILES string of the molecule is CCCC(COC)(OCC)N1CCCC1. The maximum Gasteiger partial charge on any atom is 0.145 e. The van der Waals surface area contributed by atoms with Crippen molar-refractivity contribution < 1.29 is 9.47 Å². The number of rotatable bonds is 7. The van der Waals surface area contributed by atoms with E-state index in [1.54, 1.807) is 7.11 Å². The number of ether oxygens (including phenoxy) is 2. The molecule has 1 fully saturated rings. The van der Waals surface area contributed by atoms with Gasteiger partial charge in [0.05, 0.1) is 6.61 Å². The third-order valence-corrected chi connectivity index (χ3v) is 3.11. The van der Waals surface area contributed by atoms with Crippen LogP contribution in [-0.4, -0.2) is 44.0 Å². The molecule has 0 radical (unpaired) electrons. The molecule has 1 aliphatic rings. The highest BCUT2D eigenvalue weighted by Gasteiger charge is 2.38. The average Bonchev–Trinajstić information content (AvgIpc) is 2.72. The van der Waals surface area contributed by atoms with Gasteiger partial charge in [0.15, 0.2) is 0 Å². The minimum Gasteiger partial charge on any atom is -0.380 e. The molecule has 0 bridgehead atoms. The summed E-state index contributed by atoms with van der Waals surface area (Å²) < 4.78 is 11.4. The fourth-order valence-corrected chi connectivity index (χ4v) is 2.54. The van der Waals surface area contributed by atoms with E-state index in [4.69, 9.17) is 9.47 Å². The normalized spacial score (nSPS) is 21.8. The van der Waals surface area contributed by atoms with Gasteiger partial charge in [-0.1, -0.05) is 13.3 Å². The molecule has 1 unspecified atom stereocenters. The lowest BCUT2D eigenvalue weighted by Gasteiger charge is -2.41. The smallest absolute Gasteiger partial charge is 0.145 e. The Labute approximate surface area is 93.7 Å². The fraction of sp³-hybridized carbons (Fsp3) is 1.00. The van der Waals surface area contributed by atoms with Gasteiger partial charge in [-0.2, -0.15) is 0 Å². The highest BCUT2D eigenvalue weighted by atomic mass is 16.6. The van der Waals surface area contributed by atoms with Gasteiger partial charge in [0, 0.05) is 26.8 Å². The van der Waals surface area contributed by atoms with Crippen LogP contribution in [0.3, 0.4) is 0 Å². The van der Waals surface area contributed by atoms with Crippen molar-refractivity contribution in [1.29, 1.82) is 0 Å². The predicted octanol–water partition coefficient (Wildman–Crippen LogP) is 2.26. The number of methoxy groups -OCH3 is 1. The van der Waals surface area contributed by atoms with Gasteiger partial charge in [-0.3, -0.25) is 4.90 Å². The first-order chi connectivity index (χ1) is 7.29. The van der Waals surface area contributed by atoms with E-state index in [0.29, 0.717) is 6.61 Å². The number of hydrogen-bond acceptors (Lipinski definition) is 3. The molecule has 1 saturated heterocycles. The van der Waals surface area contributed by atoms with E-state index in [-0.39, 0.29) is 5.72 Å². The monoisotopic (exact) mass is 215 g/mol. The molecule has 0 aromatic heterocycles. The number of likely N-dealkylation sites (tertiary alicyclic amines) is 1. The van der Waals surface area contributed by atoms with Crippen molar-refractivity contribution in [3.05, 3.63) is 0 Å². The van der Waals surface area contributed by atoms with Crippen LogP contribution in [0.15, 0.2) is 0 Å². The maximum atomic E-state index is 6.00. The molecule has 0 aromatic carbocycles. The van der Waals surface area contributed by atoms with E-state index < -0.39 is 0 Å². The summed E-state index contributed by atoms with van der Waals surface area (Å²) >= 11 is 0. The largest absolute Gasteiger partial charge is 0.380 e. The standard InChI is InChI=1S/C12H25NO2/c1-4-8-12(11-14-3,15-5-2)13-9-6-7-10-13/h4-11H2,1-3H3. The lowest BCUT2D eigenvalue weighted by molar-refractivity contribution is -0.180. The lowest BCUT2D eigenvalue weighted by atomic mass is 10.1. The van der Waals surface area contributed by atoms with Crippen molar-refractivity contribution in [2.75, 3.05) is 33.4 Å². The zero-order valence-electron chi connectivity index (χ0n) is 10.4. The summed E-state index contributed by atoms with van der Waals surface area (Å²) in [6, 6.07) is 0. The Hall–Kier alpha value is -0.120. The van der Waals surface area contributed by atoms with Gasteiger partial charge in [-0.25, -0.2) is 0 Å². The summed E-state index contributed by atoms with van der Waals surface area (Å²) in [6.07, 6.45) is 4.79. The Morgan fingerprint density at radius 3 is 2.33 bits per heavy atom. The first-order valence-corrected chi connectivity index (χ1v) is 6.17. The summed E-state index contributed by atoms with van der Waals surface area (Å²) in [5.41, 5.74) is -0.158. The Morgan fingerprint density at radius 1 is 1.20 bits per heavy atom. The lowest BCUT2D eigenvalue weighted by Crippen LogP contribution is -2.52. The molecule has 3 nitrogen and oxygen atoms in total. The first-order valence-electron chi connectivity index (χ1n) is 6.17. The van der Waals surface area contributed by atoms with Crippen LogP contribution in [-0.2, 0) is 9.47 Å². The zero-order valence-corrected chi connectivity index (χ0v) is 10.4. The predicted molar refractivity (Wildman–Crippen MR) is 61.9 cm³/mol. The summed E-state index contributed by atoms with van der Waals surface area (Å²) in [6.45, 7) is 8.04. The van der Waals surface area contributed by atoms with Crippen molar-refractivity contribution in [3.8, 4) is 0 Å². The van der Waals surface area contributed by atoms with Gasteiger partial charge < -0.3 is 9.47 Å². The van der Waals surface area contributed by atoms with Crippen molar-refractivity contribution >= 4 is 0 Å². The van der Waals surface area contributed by atoms with Crippen LogP contribution >= 0.6 is 0 Å². The molecule has 0 N–H and O–H groups in total. The van der Waals surface area contributed by atoms with Gasteiger partial charge in [0.25, 0.3) is 0 Å². The van der Waals surface area contributed by atoms with Crippen molar-refractivity contribution in [1.82, 2.24) is 4.90 Å². The van der Waals surface area contributed by atoms with Crippen LogP contribution in [0.5, 0.6) is 0 Å². The zero-order chi connectivity index (χ0) is 11.1. The molecule has 15 heavy (non-hydrogen) atoms. The van der Waals surface area contributed by atoms with Crippen LogP contribution in [0.2, 0.25) is 0 Å². The third kappa shape index (κ3) is 3.16. The summed E-state index contributed by atoms with van der Waals surface area (Å²) in [5, 5.41) is 0. The Morgan fingerprint density at radius 2 is 1.87 bits per heavy atom. The number of hydrogen-bond donors (Lipinski definition) is 0. The van der Waals surface area contributed by atoms with Crippen LogP contribution in [0, 0.1) is 0 Å². The molecule has 0 saturated carbocycles. The minimum atomic E-state index is -0.158. The van der Waals surface area contributed by atoms with Crippen molar-refractivity contribution in [3.63, 3.8) is 0 Å². The summed E-state index contributed by atoms with van der Waals surface area (Å²) in [7, 11) is 1.76. The summed E-state index contributed by atoms with van der Waals surface area (Å²) in [5.74, 6) is 0. The second kappa shape index (κ2) is 6.46. The second-order valence-electron chi connectivity index (χ2n) is 4.26. The molecule has 0 aliphatic carbocycles. The Kier molecular flexibility index (Phi) is 5.58. The van der Waals surface area contributed by atoms with Crippen molar-refractivity contribution in [2.45, 2.75) is 45.3 Å². The van der Waals surface area contributed by atoms with Crippen LogP contribution in [0.4, 0.5) is 0 Å². The quantitative estimate of drug-likeness (QED) is 0.650. The second-order valence-corrected chi connectivity index (χ2v) is 4.26. The first kappa shape index (κ1) is 12.9. The maximum absolute atomic E-state index is 6.00. The van der Waals surface area contributed by atoms with Crippen LogP contribution < -0.4 is 0 Å². The molecule has 90 valence electrons. The molecular weight excluding hydrogens is 190 g/mol. The molecular formula is C12H25NO2. The summed E-state index contributed by atoms with van der Waals surface area (Å²) in [4.78, 5) is 2.46. The highest BCUT2D eigenvalue weighted by Crippen LogP contribution is 2.28. The van der Waals surface area contributed by atoms with E-state index >= 15 is 0 Å². The highest BCUT2D eigenvalue weighted by molar-refractivity contribution is 4.84. The molecule has 1 aliphatic heterocycles. The Bertz CT molecular complexity index is 150. The van der Waals surface area contributed by atoms with E-state index in [2.05, 4.69) is 18.7 Å². The molecule has 1 rings (SSSR count). The van der Waals surface area contributed by atoms with E-state index in [1.807, 2.05) is 0 Å². The molecule has 3 heteroatoms. The average molecular weight is 215 g/mol. The van der Waals surface area contributed by atoms with Gasteiger partial charge in [0.1, 0.15) is 5.72 Å². The molecule has 0 spiro atoms. The molecule has 0 aromatic rings. The fourth-order valence-electron chi connectivity index (χ4n) is 2.54. The third-order valence-electron chi connectivity index (χ3n) is 3.11. The van der Waals surface area contributed by atoms with Crippen LogP contribution in [0.25, 0.3) is 0 Å². The molecule has 1 heterocycles. The van der Waals surface area contributed by atoms with Crippen LogP contribution in [0.1, 0.15) is 39.5 Å². The number of nitrogens with zero attached hydrogens (tertiary/aromatic N) is 1. The minimum absolute atomic E-state index is 0.158. The van der Waals surface area contributed by atoms with E-state index in [1.165, 1.54) is 12.8 Å². The van der Waals surface area contributed by atoms with Gasteiger partial charge in [0.2, 0.25) is 0 Å². The molecule has 0 amide bonds. The topological polar surface area (TPSA) is 21.7 Å². The molecule has 1 atom stereocenters. The van der Waals surface area contributed by atoms with E-state index in [9.17, 15) is 0 Å². The van der Waals surface area contributed by atoms with Crippen molar-refractivity contribution in [2.24, 2.45) is 0 Å². The van der Waals surface area contributed by atoms with E-state index in [0.717, 1.165) is 32.5 Å². The Balaban J connectivity index is 2.68. The van der Waals surface area contributed by atoms with Gasteiger partial charge in [-0.05, 0) is 26.2 Å². The van der Waals surface area contributed by atoms with Gasteiger partial charge in [-0.15, -0.1) is 0 Å². The van der Waals surface area contributed by atoms with Gasteiger partial charge >= 0.3 is 0 Å².